The highest BCUT2D eigenvalue weighted by atomic mass is 16.2. The molecule has 1 aromatic carbocycles. The second-order valence-corrected chi connectivity index (χ2v) is 8.96. The molecule has 1 N–H and O–H groups in total. The third-order valence-electron chi connectivity index (χ3n) is 6.13. The molecule has 0 saturated heterocycles. The predicted octanol–water partition coefficient (Wildman–Crippen LogP) is 6.40. The fourth-order valence-electron chi connectivity index (χ4n) is 3.28. The van der Waals surface area contributed by atoms with Crippen molar-refractivity contribution >= 4 is 28.9 Å². The van der Waals surface area contributed by atoms with Crippen LogP contribution in [0.1, 0.15) is 99.3 Å². The van der Waals surface area contributed by atoms with Gasteiger partial charge in [-0.2, -0.15) is 0 Å². The van der Waals surface area contributed by atoms with Crippen molar-refractivity contribution in [2.45, 2.75) is 80.6 Å². The molecule has 2 rings (SSSR count). The summed E-state index contributed by atoms with van der Waals surface area (Å²) >= 11 is 0. The van der Waals surface area contributed by atoms with Crippen molar-refractivity contribution in [2.75, 3.05) is 5.32 Å². The van der Waals surface area contributed by atoms with Gasteiger partial charge < -0.3 is 5.32 Å². The first kappa shape index (κ1) is 29.9. The number of amides is 1. The van der Waals surface area contributed by atoms with Gasteiger partial charge in [0.05, 0.1) is 0 Å². The van der Waals surface area contributed by atoms with Crippen LogP contribution in [0.2, 0.25) is 0 Å². The van der Waals surface area contributed by atoms with Crippen LogP contribution in [-0.4, -0.2) is 28.2 Å². The second kappa shape index (κ2) is 15.0. The molecule has 1 heterocycles. The molecule has 35 heavy (non-hydrogen) atoms. The maximum Gasteiger partial charge on any atom is 0.274 e. The summed E-state index contributed by atoms with van der Waals surface area (Å²) in [4.78, 5) is 50.5. The number of aryl methyl sites for hydroxylation is 2. The number of carbonyl (C=O) groups excluding carboxylic acids is 4. The van der Waals surface area contributed by atoms with E-state index >= 15 is 0 Å². The fraction of sp³-hybridized carbons (Fsp3) is 0.483. The van der Waals surface area contributed by atoms with Gasteiger partial charge in [-0.1, -0.05) is 40.7 Å². The van der Waals surface area contributed by atoms with Crippen molar-refractivity contribution in [1.82, 2.24) is 4.98 Å². The van der Waals surface area contributed by atoms with Crippen molar-refractivity contribution in [2.24, 2.45) is 11.8 Å². The number of hydrogen-bond acceptors (Lipinski definition) is 5. The van der Waals surface area contributed by atoms with Gasteiger partial charge >= 0.3 is 0 Å². The van der Waals surface area contributed by atoms with Crippen molar-refractivity contribution in [1.29, 1.82) is 0 Å². The van der Waals surface area contributed by atoms with Crippen LogP contribution in [0, 0.1) is 18.8 Å². The number of hydrogen-bond donors (Lipinski definition) is 1. The third kappa shape index (κ3) is 9.93. The quantitative estimate of drug-likeness (QED) is 0.375. The molecule has 2 atom stereocenters. The molecule has 1 aromatic heterocycles. The van der Waals surface area contributed by atoms with E-state index in [9.17, 15) is 19.2 Å². The Labute approximate surface area is 209 Å². The molecular weight excluding hydrogens is 440 g/mol. The zero-order valence-electron chi connectivity index (χ0n) is 22.2. The van der Waals surface area contributed by atoms with Crippen LogP contribution in [0.4, 0.5) is 5.69 Å². The number of aromatic nitrogens is 1. The first-order valence-electron chi connectivity index (χ1n) is 12.5. The minimum atomic E-state index is -0.248. The average molecular weight is 481 g/mol. The molecule has 6 heteroatoms. The first-order valence-corrected chi connectivity index (χ1v) is 12.5. The van der Waals surface area contributed by atoms with Gasteiger partial charge in [-0.05, 0) is 69.0 Å². The number of carbonyl (C=O) groups is 4. The zero-order valence-corrected chi connectivity index (χ0v) is 22.2. The Morgan fingerprint density at radius 2 is 1.66 bits per heavy atom. The number of anilines is 1. The molecular formula is C29H40N2O4. The maximum atomic E-state index is 12.5. The number of rotatable bonds is 11. The van der Waals surface area contributed by atoms with Crippen molar-refractivity contribution in [3.63, 3.8) is 0 Å². The lowest BCUT2D eigenvalue weighted by Gasteiger charge is -2.13. The topological polar surface area (TPSA) is 93.2 Å². The number of ketones is 3. The van der Waals surface area contributed by atoms with Crippen LogP contribution in [0.15, 0.2) is 36.4 Å². The normalized spacial score (nSPS) is 12.1. The molecule has 1 amide bonds. The lowest BCUT2D eigenvalue weighted by Crippen LogP contribution is -2.16. The fourth-order valence-corrected chi connectivity index (χ4v) is 3.28. The summed E-state index contributed by atoms with van der Waals surface area (Å²) < 4.78 is 0. The van der Waals surface area contributed by atoms with Crippen LogP contribution in [0.3, 0.4) is 0 Å². The Hall–Kier alpha value is -3.15. The lowest BCUT2D eigenvalue weighted by atomic mass is 9.92. The minimum Gasteiger partial charge on any atom is -0.321 e. The molecule has 2 aromatic rings. The molecule has 0 aliphatic rings. The van der Waals surface area contributed by atoms with E-state index in [0.717, 1.165) is 29.7 Å². The number of Topliss-reactive ketones (excluding diaryl/α,β-unsaturated/α-hetero) is 3. The largest absolute Gasteiger partial charge is 0.321 e. The molecule has 0 aliphatic heterocycles. The van der Waals surface area contributed by atoms with Gasteiger partial charge in [0.15, 0.2) is 5.78 Å². The smallest absolute Gasteiger partial charge is 0.274 e. The van der Waals surface area contributed by atoms with Gasteiger partial charge in [0, 0.05) is 41.6 Å². The van der Waals surface area contributed by atoms with Crippen molar-refractivity contribution in [3.8, 4) is 0 Å². The van der Waals surface area contributed by atoms with Crippen LogP contribution >= 0.6 is 0 Å². The summed E-state index contributed by atoms with van der Waals surface area (Å²) in [6, 6.07) is 10.8. The number of nitrogens with one attached hydrogen (secondary N) is 1. The molecule has 0 saturated carbocycles. The van der Waals surface area contributed by atoms with E-state index in [1.807, 2.05) is 65.8 Å². The van der Waals surface area contributed by atoms with Crippen LogP contribution in [0.25, 0.3) is 0 Å². The summed E-state index contributed by atoms with van der Waals surface area (Å²) in [5, 5.41) is 2.86. The standard InChI is InChI=1S/C20H24N2O2.C9H16O2/c1-5-13(3)19(23)17-11-10-16(12-15(17)6-2)22-20(24)18-9-7-8-14(4)21-18;1-4-9(11)6-5-7(2)8(3)10/h7-13H,5-6H2,1-4H3,(H,22,24);7H,4-6H2,1-3H3. The van der Waals surface area contributed by atoms with E-state index in [0.29, 0.717) is 30.6 Å². The summed E-state index contributed by atoms with van der Waals surface area (Å²) in [5.74, 6) is 0.388. The molecule has 0 aliphatic carbocycles. The average Bonchev–Trinajstić information content (AvgIpc) is 2.86. The Bertz CT molecular complexity index is 1030. The van der Waals surface area contributed by atoms with E-state index in [2.05, 4.69) is 10.3 Å². The Balaban J connectivity index is 0.000000471. The minimum absolute atomic E-state index is 0.00670. The third-order valence-corrected chi connectivity index (χ3v) is 6.13. The van der Waals surface area contributed by atoms with E-state index in [1.54, 1.807) is 19.1 Å². The Morgan fingerprint density at radius 3 is 2.20 bits per heavy atom. The molecule has 0 fully saturated rings. The maximum absolute atomic E-state index is 12.5. The summed E-state index contributed by atoms with van der Waals surface area (Å²) in [6.45, 7) is 13.1. The highest BCUT2D eigenvalue weighted by molar-refractivity contribution is 6.04. The number of benzene rings is 1. The SMILES string of the molecule is CCC(=O)CCC(C)C(C)=O.CCc1cc(NC(=O)c2cccc(C)n2)ccc1C(=O)C(C)CC. The number of nitrogens with zero attached hydrogens (tertiary/aromatic N) is 1. The second-order valence-electron chi connectivity index (χ2n) is 8.96. The molecule has 0 bridgehead atoms. The van der Waals surface area contributed by atoms with Gasteiger partial charge in [0.2, 0.25) is 0 Å². The molecule has 0 radical (unpaired) electrons. The first-order chi connectivity index (χ1) is 16.5. The molecule has 2 unspecified atom stereocenters. The molecule has 6 nitrogen and oxygen atoms in total. The van der Waals surface area contributed by atoms with Crippen LogP contribution < -0.4 is 5.32 Å². The predicted molar refractivity (Wildman–Crippen MR) is 141 cm³/mol. The lowest BCUT2D eigenvalue weighted by molar-refractivity contribution is -0.121. The summed E-state index contributed by atoms with van der Waals surface area (Å²) in [6.07, 6.45) is 3.41. The zero-order chi connectivity index (χ0) is 26.5. The van der Waals surface area contributed by atoms with E-state index in [1.165, 1.54) is 0 Å². The van der Waals surface area contributed by atoms with E-state index < -0.39 is 0 Å². The molecule has 0 spiro atoms. The van der Waals surface area contributed by atoms with Gasteiger partial charge in [-0.25, -0.2) is 4.98 Å². The Kier molecular flexibility index (Phi) is 12.8. The van der Waals surface area contributed by atoms with E-state index in [4.69, 9.17) is 0 Å². The van der Waals surface area contributed by atoms with Gasteiger partial charge in [0.25, 0.3) is 5.91 Å². The monoisotopic (exact) mass is 480 g/mol. The number of pyridine rings is 1. The Morgan fingerprint density at radius 1 is 0.971 bits per heavy atom. The van der Waals surface area contributed by atoms with Gasteiger partial charge in [-0.15, -0.1) is 0 Å². The highest BCUT2D eigenvalue weighted by Gasteiger charge is 2.17. The van der Waals surface area contributed by atoms with Gasteiger partial charge in [0.1, 0.15) is 17.3 Å². The van der Waals surface area contributed by atoms with Crippen molar-refractivity contribution < 1.29 is 19.2 Å². The van der Waals surface area contributed by atoms with Crippen LogP contribution in [0.5, 0.6) is 0 Å². The highest BCUT2D eigenvalue weighted by Crippen LogP contribution is 2.21. The van der Waals surface area contributed by atoms with Gasteiger partial charge in [-0.3, -0.25) is 19.2 Å². The molecule has 190 valence electrons. The van der Waals surface area contributed by atoms with E-state index in [-0.39, 0.29) is 35.1 Å². The van der Waals surface area contributed by atoms with Crippen LogP contribution in [-0.2, 0) is 16.0 Å². The summed E-state index contributed by atoms with van der Waals surface area (Å²) in [5.41, 5.74) is 3.56. The van der Waals surface area contributed by atoms with Crippen molar-refractivity contribution in [3.05, 3.63) is 58.9 Å². The summed E-state index contributed by atoms with van der Waals surface area (Å²) in [7, 11) is 0.